The van der Waals surface area contributed by atoms with Crippen molar-refractivity contribution < 1.29 is 0 Å². The maximum Gasteiger partial charge on any atom is 0.0276 e. The van der Waals surface area contributed by atoms with Crippen molar-refractivity contribution in [2.75, 3.05) is 0 Å². The Morgan fingerprint density at radius 3 is 1.83 bits per heavy atom. The van der Waals surface area contributed by atoms with Crippen molar-refractivity contribution in [1.29, 1.82) is 0 Å². The van der Waals surface area contributed by atoms with Gasteiger partial charge >= 0.3 is 0 Å². The molecule has 0 aliphatic heterocycles. The summed E-state index contributed by atoms with van der Waals surface area (Å²) in [6, 6.07) is 0. The van der Waals surface area contributed by atoms with E-state index in [9.17, 15) is 0 Å². The van der Waals surface area contributed by atoms with Crippen molar-refractivity contribution in [1.82, 2.24) is 0 Å². The lowest BCUT2D eigenvalue weighted by atomic mass is 10.0. The molecule has 1 nitrogen and oxygen atoms in total. The van der Waals surface area contributed by atoms with E-state index in [-0.39, 0.29) is 0 Å². The van der Waals surface area contributed by atoms with Crippen molar-refractivity contribution in [2.45, 2.75) is 20.8 Å². The van der Waals surface area contributed by atoms with Gasteiger partial charge in [0.05, 0.1) is 0 Å². The summed E-state index contributed by atoms with van der Waals surface area (Å²) in [5.41, 5.74) is 9.42. The van der Waals surface area contributed by atoms with E-state index in [2.05, 4.69) is 13.2 Å². The number of allylic oxidation sites excluding steroid dienone is 5. The van der Waals surface area contributed by atoms with E-state index in [1.165, 1.54) is 0 Å². The lowest BCUT2D eigenvalue weighted by Crippen LogP contribution is -1.95. The molecule has 0 fully saturated rings. The molecule has 0 aliphatic rings. The Labute approximate surface area is 75.0 Å². The van der Waals surface area contributed by atoms with E-state index in [0.29, 0.717) is 0 Å². The first-order chi connectivity index (χ1) is 5.49. The number of nitrogens with two attached hydrogens (primary N) is 1. The van der Waals surface area contributed by atoms with Gasteiger partial charge in [-0.1, -0.05) is 30.4 Å². The van der Waals surface area contributed by atoms with E-state index >= 15 is 0 Å². The molecule has 0 unspecified atom stereocenters. The molecule has 2 N–H and O–H groups in total. The maximum absolute atomic E-state index is 5.65. The van der Waals surface area contributed by atoms with Gasteiger partial charge in [0, 0.05) is 5.70 Å². The van der Waals surface area contributed by atoms with Crippen LogP contribution in [0, 0.1) is 0 Å². The smallest absolute Gasteiger partial charge is 0.0276 e. The van der Waals surface area contributed by atoms with Crippen LogP contribution in [0.3, 0.4) is 0 Å². The number of hydrogen-bond acceptors (Lipinski definition) is 1. The van der Waals surface area contributed by atoms with Crippen LogP contribution < -0.4 is 5.73 Å². The zero-order valence-corrected chi connectivity index (χ0v) is 8.15. The van der Waals surface area contributed by atoms with Gasteiger partial charge in [-0.2, -0.15) is 0 Å². The fraction of sp³-hybridized carbons (Fsp3) is 0.273. The summed E-state index contributed by atoms with van der Waals surface area (Å²) in [5.74, 6) is 0. The van der Waals surface area contributed by atoms with Gasteiger partial charge in [0.15, 0.2) is 0 Å². The fourth-order valence-electron chi connectivity index (χ4n) is 0.861. The summed E-state index contributed by atoms with van der Waals surface area (Å²) >= 11 is 0. The van der Waals surface area contributed by atoms with Crippen LogP contribution in [0.15, 0.2) is 47.7 Å². The Balaban J connectivity index is 4.87. The molecule has 0 amide bonds. The zero-order valence-electron chi connectivity index (χ0n) is 8.15. The van der Waals surface area contributed by atoms with Gasteiger partial charge in [0.25, 0.3) is 0 Å². The summed E-state index contributed by atoms with van der Waals surface area (Å²) in [6.07, 6.45) is 3.75. The van der Waals surface area contributed by atoms with Crippen LogP contribution in [0.4, 0.5) is 0 Å². The minimum atomic E-state index is 0.746. The minimum Gasteiger partial charge on any atom is -0.399 e. The molecule has 12 heavy (non-hydrogen) atoms. The maximum atomic E-state index is 5.65. The third-order valence-electron chi connectivity index (χ3n) is 1.56. The van der Waals surface area contributed by atoms with Gasteiger partial charge in [-0.15, -0.1) is 0 Å². The predicted octanol–water partition coefficient (Wildman–Crippen LogP) is 2.93. The lowest BCUT2D eigenvalue weighted by Gasteiger charge is -2.05. The van der Waals surface area contributed by atoms with Crippen molar-refractivity contribution in [3.05, 3.63) is 47.7 Å². The minimum absolute atomic E-state index is 0.746. The summed E-state index contributed by atoms with van der Waals surface area (Å²) in [4.78, 5) is 0. The second-order valence-corrected chi connectivity index (χ2v) is 2.91. The lowest BCUT2D eigenvalue weighted by molar-refractivity contribution is 1.30. The molecule has 0 spiro atoms. The molecule has 0 bridgehead atoms. The molecule has 0 saturated heterocycles. The summed E-state index contributed by atoms with van der Waals surface area (Å²) < 4.78 is 0. The molecule has 66 valence electrons. The number of rotatable bonds is 3. The number of hydrogen-bond donors (Lipinski definition) is 1. The van der Waals surface area contributed by atoms with E-state index in [4.69, 9.17) is 5.73 Å². The first-order valence-electron chi connectivity index (χ1n) is 3.94. The van der Waals surface area contributed by atoms with Crippen molar-refractivity contribution in [3.63, 3.8) is 0 Å². The van der Waals surface area contributed by atoms with Gasteiger partial charge in [0.2, 0.25) is 0 Å². The second-order valence-electron chi connectivity index (χ2n) is 2.91. The summed E-state index contributed by atoms with van der Waals surface area (Å²) in [6.45, 7) is 13.5. The van der Waals surface area contributed by atoms with Crippen molar-refractivity contribution in [2.24, 2.45) is 5.73 Å². The monoisotopic (exact) mass is 163 g/mol. The molecule has 0 aliphatic carbocycles. The molecule has 0 aromatic heterocycles. The molecule has 0 atom stereocenters. The van der Waals surface area contributed by atoms with E-state index in [1.807, 2.05) is 32.9 Å². The SMILES string of the molecule is C=C(C)C(=C/C(N)=C\C)C(=C)C. The molecule has 0 rings (SSSR count). The predicted molar refractivity (Wildman–Crippen MR) is 55.7 cm³/mol. The van der Waals surface area contributed by atoms with E-state index < -0.39 is 0 Å². The van der Waals surface area contributed by atoms with Crippen LogP contribution in [0.5, 0.6) is 0 Å². The highest BCUT2D eigenvalue weighted by Crippen LogP contribution is 2.16. The third kappa shape index (κ3) is 3.24. The average molecular weight is 163 g/mol. The van der Waals surface area contributed by atoms with Crippen LogP contribution in [0.2, 0.25) is 0 Å². The average Bonchev–Trinajstić information content (AvgIpc) is 1.98. The Hall–Kier alpha value is -1.24. The zero-order chi connectivity index (χ0) is 9.72. The summed E-state index contributed by atoms with van der Waals surface area (Å²) in [7, 11) is 0. The standard InChI is InChI=1S/C11H17N/c1-6-10(12)7-11(8(2)3)9(4)5/h6-7H,2,4,12H2,1,3,5H3/b10-6+. The van der Waals surface area contributed by atoms with Gasteiger partial charge in [-0.25, -0.2) is 0 Å². The molecule has 0 heterocycles. The Morgan fingerprint density at radius 1 is 1.17 bits per heavy atom. The van der Waals surface area contributed by atoms with Gasteiger partial charge in [-0.3, -0.25) is 0 Å². The second kappa shape index (κ2) is 4.60. The topological polar surface area (TPSA) is 26.0 Å². The van der Waals surface area contributed by atoms with E-state index in [0.717, 1.165) is 22.4 Å². The Kier molecular flexibility index (Phi) is 4.12. The molecule has 0 saturated carbocycles. The first-order valence-corrected chi connectivity index (χ1v) is 3.94. The third-order valence-corrected chi connectivity index (χ3v) is 1.56. The molecular formula is C11H17N. The Morgan fingerprint density at radius 2 is 1.58 bits per heavy atom. The highest BCUT2D eigenvalue weighted by atomic mass is 14.5. The van der Waals surface area contributed by atoms with Crippen LogP contribution in [-0.2, 0) is 0 Å². The van der Waals surface area contributed by atoms with Gasteiger partial charge in [-0.05, 0) is 32.4 Å². The largest absolute Gasteiger partial charge is 0.399 e. The quantitative estimate of drug-likeness (QED) is 0.636. The highest BCUT2D eigenvalue weighted by molar-refractivity contribution is 5.45. The molecular weight excluding hydrogens is 146 g/mol. The Bertz CT molecular complexity index is 238. The van der Waals surface area contributed by atoms with Crippen LogP contribution in [-0.4, -0.2) is 0 Å². The first kappa shape index (κ1) is 10.8. The van der Waals surface area contributed by atoms with Crippen LogP contribution >= 0.6 is 0 Å². The van der Waals surface area contributed by atoms with E-state index in [1.54, 1.807) is 0 Å². The normalized spacial score (nSPS) is 10.8. The van der Waals surface area contributed by atoms with Gasteiger partial charge in [0.1, 0.15) is 0 Å². The summed E-state index contributed by atoms with van der Waals surface area (Å²) in [5, 5.41) is 0. The fourth-order valence-corrected chi connectivity index (χ4v) is 0.861. The molecule has 0 aromatic carbocycles. The van der Waals surface area contributed by atoms with Crippen molar-refractivity contribution >= 4 is 0 Å². The molecule has 0 radical (unpaired) electrons. The van der Waals surface area contributed by atoms with Crippen LogP contribution in [0.25, 0.3) is 0 Å². The van der Waals surface area contributed by atoms with Crippen LogP contribution in [0.1, 0.15) is 20.8 Å². The van der Waals surface area contributed by atoms with Crippen molar-refractivity contribution in [3.8, 4) is 0 Å². The molecule has 1 heteroatoms. The molecule has 0 aromatic rings. The van der Waals surface area contributed by atoms with Gasteiger partial charge < -0.3 is 5.73 Å². The highest BCUT2D eigenvalue weighted by Gasteiger charge is 1.98.